The van der Waals surface area contributed by atoms with Gasteiger partial charge in [-0.1, -0.05) is 35.3 Å². The van der Waals surface area contributed by atoms with Gasteiger partial charge in [-0.2, -0.15) is 0 Å². The maximum atomic E-state index is 12.1. The number of hydrogen-bond donors (Lipinski definition) is 2. The highest BCUT2D eigenvalue weighted by Crippen LogP contribution is 2.26. The van der Waals surface area contributed by atoms with Crippen molar-refractivity contribution in [1.82, 2.24) is 5.32 Å². The molecule has 128 valence electrons. The zero-order valence-electron chi connectivity index (χ0n) is 13.0. The quantitative estimate of drug-likeness (QED) is 0.822. The maximum Gasteiger partial charge on any atom is 0.319 e. The molecule has 0 aliphatic carbocycles. The van der Waals surface area contributed by atoms with E-state index in [9.17, 15) is 13.2 Å². The summed E-state index contributed by atoms with van der Waals surface area (Å²) in [5.41, 5.74) is 1.10. The number of rotatable bonds is 4. The second-order valence-corrected chi connectivity index (χ2v) is 8.15. The van der Waals surface area contributed by atoms with E-state index < -0.39 is 15.9 Å². The smallest absolute Gasteiger partial charge is 0.319 e. The number of urea groups is 1. The molecule has 2 aromatic rings. The first-order chi connectivity index (χ1) is 11.2. The Kier molecular flexibility index (Phi) is 5.74. The fraction of sp³-hybridized carbons (Fsp3) is 0.188. The van der Waals surface area contributed by atoms with E-state index in [1.165, 1.54) is 12.1 Å². The highest BCUT2D eigenvalue weighted by molar-refractivity contribution is 7.90. The lowest BCUT2D eigenvalue weighted by Gasteiger charge is -2.16. The van der Waals surface area contributed by atoms with Crippen LogP contribution in [0, 0.1) is 0 Å². The Morgan fingerprint density at radius 1 is 1.12 bits per heavy atom. The molecule has 0 heterocycles. The van der Waals surface area contributed by atoms with Gasteiger partial charge in [0.1, 0.15) is 0 Å². The summed E-state index contributed by atoms with van der Waals surface area (Å²) < 4.78 is 23.1. The van der Waals surface area contributed by atoms with E-state index >= 15 is 0 Å². The minimum atomic E-state index is -3.34. The lowest BCUT2D eigenvalue weighted by molar-refractivity contribution is 0.249. The number of anilines is 1. The molecule has 0 aliphatic rings. The number of halogens is 2. The number of benzene rings is 2. The number of sulfone groups is 1. The van der Waals surface area contributed by atoms with Crippen molar-refractivity contribution in [3.63, 3.8) is 0 Å². The fourth-order valence-corrected chi connectivity index (χ4v) is 3.34. The van der Waals surface area contributed by atoms with E-state index in [1.807, 2.05) is 0 Å². The van der Waals surface area contributed by atoms with Gasteiger partial charge in [0.15, 0.2) is 9.84 Å². The van der Waals surface area contributed by atoms with Crippen molar-refractivity contribution in [1.29, 1.82) is 0 Å². The first-order valence-corrected chi connectivity index (χ1v) is 9.64. The minimum absolute atomic E-state index is 0.133. The van der Waals surface area contributed by atoms with Crippen LogP contribution in [0.2, 0.25) is 10.0 Å². The summed E-state index contributed by atoms with van der Waals surface area (Å²) in [5, 5.41) is 6.30. The van der Waals surface area contributed by atoms with Gasteiger partial charge in [-0.25, -0.2) is 13.2 Å². The Labute approximate surface area is 150 Å². The molecule has 2 amide bonds. The molecule has 8 heteroatoms. The van der Waals surface area contributed by atoms with Gasteiger partial charge in [0, 0.05) is 22.0 Å². The predicted molar refractivity (Wildman–Crippen MR) is 96.6 cm³/mol. The number of nitrogens with one attached hydrogen (secondary N) is 2. The third-order valence-corrected chi connectivity index (χ3v) is 4.97. The van der Waals surface area contributed by atoms with Crippen molar-refractivity contribution in [2.45, 2.75) is 17.9 Å². The van der Waals surface area contributed by atoms with Crippen molar-refractivity contribution in [2.75, 3.05) is 11.6 Å². The van der Waals surface area contributed by atoms with Gasteiger partial charge in [0.2, 0.25) is 0 Å². The number of amides is 2. The predicted octanol–water partition coefficient (Wildman–Crippen LogP) is 4.28. The SMILES string of the molecule is CC(NC(=O)Nc1cccc(S(C)(=O)=O)c1)c1ccc(Cl)cc1Cl. The monoisotopic (exact) mass is 386 g/mol. The van der Waals surface area contributed by atoms with E-state index in [1.54, 1.807) is 37.3 Å². The van der Waals surface area contributed by atoms with E-state index in [2.05, 4.69) is 10.6 Å². The molecule has 5 nitrogen and oxygen atoms in total. The average Bonchev–Trinajstić information content (AvgIpc) is 2.46. The molecule has 0 bridgehead atoms. The van der Waals surface area contributed by atoms with E-state index in [0.717, 1.165) is 11.8 Å². The Balaban J connectivity index is 2.08. The molecule has 0 fully saturated rings. The number of hydrogen-bond acceptors (Lipinski definition) is 3. The van der Waals surface area contributed by atoms with Gasteiger partial charge in [-0.3, -0.25) is 0 Å². The summed E-state index contributed by atoms with van der Waals surface area (Å²) in [5.74, 6) is 0. The van der Waals surface area contributed by atoms with Crippen molar-refractivity contribution >= 4 is 44.8 Å². The normalized spacial score (nSPS) is 12.5. The van der Waals surface area contributed by atoms with Crippen LogP contribution in [0.5, 0.6) is 0 Å². The fourth-order valence-electron chi connectivity index (χ4n) is 2.10. The lowest BCUT2D eigenvalue weighted by atomic mass is 10.1. The molecule has 0 radical (unpaired) electrons. The van der Waals surface area contributed by atoms with Crippen LogP contribution in [0.15, 0.2) is 47.4 Å². The van der Waals surface area contributed by atoms with Crippen LogP contribution in [-0.4, -0.2) is 20.7 Å². The zero-order chi connectivity index (χ0) is 17.9. The molecule has 2 rings (SSSR count). The molecule has 0 aliphatic heterocycles. The summed E-state index contributed by atoms with van der Waals surface area (Å²) in [7, 11) is -3.34. The Morgan fingerprint density at radius 2 is 1.83 bits per heavy atom. The van der Waals surface area contributed by atoms with Crippen LogP contribution in [0.1, 0.15) is 18.5 Å². The van der Waals surface area contributed by atoms with Crippen molar-refractivity contribution in [2.24, 2.45) is 0 Å². The van der Waals surface area contributed by atoms with E-state index in [-0.39, 0.29) is 10.9 Å². The topological polar surface area (TPSA) is 75.3 Å². The highest BCUT2D eigenvalue weighted by atomic mass is 35.5. The van der Waals surface area contributed by atoms with Crippen LogP contribution < -0.4 is 10.6 Å². The number of carbonyl (C=O) groups excluding carboxylic acids is 1. The van der Waals surface area contributed by atoms with Crippen LogP contribution >= 0.6 is 23.2 Å². The van der Waals surface area contributed by atoms with Crippen molar-refractivity contribution in [3.05, 3.63) is 58.1 Å². The number of carbonyl (C=O) groups is 1. The maximum absolute atomic E-state index is 12.1. The van der Waals surface area contributed by atoms with Crippen molar-refractivity contribution < 1.29 is 13.2 Å². The van der Waals surface area contributed by atoms with Crippen LogP contribution in [0.3, 0.4) is 0 Å². The molecule has 2 N–H and O–H groups in total. The Hall–Kier alpha value is -1.76. The zero-order valence-corrected chi connectivity index (χ0v) is 15.3. The summed E-state index contributed by atoms with van der Waals surface area (Å²) >= 11 is 12.0. The summed E-state index contributed by atoms with van der Waals surface area (Å²) in [4.78, 5) is 12.2. The molecule has 0 spiro atoms. The molecule has 0 aromatic heterocycles. The first kappa shape index (κ1) is 18.6. The summed E-state index contributed by atoms with van der Waals surface area (Å²) in [6, 6.07) is 10.2. The third-order valence-electron chi connectivity index (χ3n) is 3.30. The van der Waals surface area contributed by atoms with E-state index in [4.69, 9.17) is 23.2 Å². The van der Waals surface area contributed by atoms with E-state index in [0.29, 0.717) is 15.7 Å². The second-order valence-electron chi connectivity index (χ2n) is 5.29. The van der Waals surface area contributed by atoms with Crippen LogP contribution in [0.4, 0.5) is 10.5 Å². The second kappa shape index (κ2) is 7.42. The molecule has 0 saturated carbocycles. The van der Waals surface area contributed by atoms with Crippen LogP contribution in [-0.2, 0) is 9.84 Å². The molecule has 1 atom stereocenters. The molecule has 24 heavy (non-hydrogen) atoms. The largest absolute Gasteiger partial charge is 0.331 e. The van der Waals surface area contributed by atoms with Gasteiger partial charge in [-0.15, -0.1) is 0 Å². The Morgan fingerprint density at radius 3 is 2.46 bits per heavy atom. The summed E-state index contributed by atoms with van der Waals surface area (Å²) in [6.45, 7) is 1.78. The average molecular weight is 387 g/mol. The Bertz CT molecular complexity index is 869. The third kappa shape index (κ3) is 4.87. The van der Waals surface area contributed by atoms with Gasteiger partial charge in [0.05, 0.1) is 10.9 Å². The molecular weight excluding hydrogens is 371 g/mol. The highest BCUT2D eigenvalue weighted by Gasteiger charge is 2.14. The molecule has 2 aromatic carbocycles. The van der Waals surface area contributed by atoms with Gasteiger partial charge in [-0.05, 0) is 42.8 Å². The van der Waals surface area contributed by atoms with Gasteiger partial charge in [0.25, 0.3) is 0 Å². The van der Waals surface area contributed by atoms with Crippen molar-refractivity contribution in [3.8, 4) is 0 Å². The standard InChI is InChI=1S/C16H16Cl2N2O3S/c1-10(14-7-6-11(17)8-15(14)18)19-16(21)20-12-4-3-5-13(9-12)24(2,22)23/h3-10H,1-2H3,(H2,19,20,21). The first-order valence-electron chi connectivity index (χ1n) is 6.99. The lowest BCUT2D eigenvalue weighted by Crippen LogP contribution is -2.31. The van der Waals surface area contributed by atoms with Crippen LogP contribution in [0.25, 0.3) is 0 Å². The minimum Gasteiger partial charge on any atom is -0.331 e. The molecular formula is C16H16Cl2N2O3S. The molecule has 1 unspecified atom stereocenters. The van der Waals surface area contributed by atoms with Gasteiger partial charge < -0.3 is 10.6 Å². The molecule has 0 saturated heterocycles. The van der Waals surface area contributed by atoms with Gasteiger partial charge >= 0.3 is 6.03 Å². The summed E-state index contributed by atoms with van der Waals surface area (Å²) in [6.07, 6.45) is 1.11.